The Labute approximate surface area is 220 Å². The number of carbonyl (C=O) groups excluding carboxylic acids is 3. The zero-order chi connectivity index (χ0) is 27.5. The van der Waals surface area contributed by atoms with E-state index in [1.807, 2.05) is 13.8 Å². The zero-order valence-electron chi connectivity index (χ0n) is 20.7. The van der Waals surface area contributed by atoms with Crippen molar-refractivity contribution in [3.63, 3.8) is 0 Å². The molecule has 0 saturated heterocycles. The molecule has 37 heavy (non-hydrogen) atoms. The third-order valence-electron chi connectivity index (χ3n) is 5.48. The van der Waals surface area contributed by atoms with E-state index >= 15 is 0 Å². The van der Waals surface area contributed by atoms with Crippen LogP contribution in [-0.2, 0) is 32.0 Å². The lowest BCUT2D eigenvalue weighted by molar-refractivity contribution is -0.142. The van der Waals surface area contributed by atoms with Crippen LogP contribution in [0.3, 0.4) is 0 Å². The molecule has 0 fully saturated rings. The molecule has 0 aliphatic heterocycles. The summed E-state index contributed by atoms with van der Waals surface area (Å²) < 4.78 is 0. The van der Waals surface area contributed by atoms with Crippen LogP contribution >= 0.6 is 12.6 Å². The number of imidazole rings is 1. The van der Waals surface area contributed by atoms with Crippen LogP contribution in [0, 0.1) is 5.92 Å². The maximum Gasteiger partial charge on any atom is 0.326 e. The van der Waals surface area contributed by atoms with Crippen molar-refractivity contribution in [2.45, 2.75) is 57.3 Å². The van der Waals surface area contributed by atoms with Crippen molar-refractivity contribution in [2.75, 3.05) is 5.75 Å². The number of nitrogens with zero attached hydrogens (tertiary/aromatic N) is 1. The number of benzene rings is 1. The lowest BCUT2D eigenvalue weighted by Gasteiger charge is -2.25. The number of rotatable bonds is 14. The molecular formula is C24H34N6O6S. The van der Waals surface area contributed by atoms with Gasteiger partial charge in [-0.15, -0.1) is 0 Å². The molecule has 0 bridgehead atoms. The van der Waals surface area contributed by atoms with Crippen molar-refractivity contribution >= 4 is 36.3 Å². The van der Waals surface area contributed by atoms with Gasteiger partial charge < -0.3 is 36.9 Å². The summed E-state index contributed by atoms with van der Waals surface area (Å²) in [5.41, 5.74) is 7.29. The van der Waals surface area contributed by atoms with Crippen LogP contribution in [0.25, 0.3) is 0 Å². The summed E-state index contributed by atoms with van der Waals surface area (Å²) in [6.45, 7) is 3.75. The SMILES string of the molecule is CC(C)CC(NC(=O)C(N)Cc1ccc(O)cc1)C(=O)NC(CS)C(=O)NC(Cc1cnc[nH]1)C(=O)O. The van der Waals surface area contributed by atoms with Crippen molar-refractivity contribution in [3.8, 4) is 5.75 Å². The van der Waals surface area contributed by atoms with E-state index in [-0.39, 0.29) is 36.7 Å². The molecule has 2 rings (SSSR count). The van der Waals surface area contributed by atoms with Gasteiger partial charge in [-0.05, 0) is 36.5 Å². The van der Waals surface area contributed by atoms with Crippen molar-refractivity contribution in [1.82, 2.24) is 25.9 Å². The highest BCUT2D eigenvalue weighted by Crippen LogP contribution is 2.12. The van der Waals surface area contributed by atoms with Crippen LogP contribution in [0.2, 0.25) is 0 Å². The Morgan fingerprint density at radius 1 is 0.973 bits per heavy atom. The van der Waals surface area contributed by atoms with Gasteiger partial charge in [0.2, 0.25) is 17.7 Å². The highest BCUT2D eigenvalue weighted by atomic mass is 32.1. The van der Waals surface area contributed by atoms with Gasteiger partial charge in [0.05, 0.1) is 12.4 Å². The summed E-state index contributed by atoms with van der Waals surface area (Å²) in [7, 11) is 0. The fourth-order valence-electron chi connectivity index (χ4n) is 3.52. The molecule has 3 amide bonds. The number of aliphatic carboxylic acids is 1. The summed E-state index contributed by atoms with van der Waals surface area (Å²) in [4.78, 5) is 56.8. The largest absolute Gasteiger partial charge is 0.508 e. The molecule has 0 spiro atoms. The van der Waals surface area contributed by atoms with Crippen LogP contribution in [0.1, 0.15) is 31.5 Å². The summed E-state index contributed by atoms with van der Waals surface area (Å²) >= 11 is 4.13. The van der Waals surface area contributed by atoms with E-state index in [2.05, 4.69) is 38.5 Å². The van der Waals surface area contributed by atoms with Crippen molar-refractivity contribution in [1.29, 1.82) is 0 Å². The molecule has 12 nitrogen and oxygen atoms in total. The van der Waals surface area contributed by atoms with Gasteiger partial charge in [-0.1, -0.05) is 26.0 Å². The Morgan fingerprint density at radius 3 is 2.11 bits per heavy atom. The minimum atomic E-state index is -1.25. The molecule has 8 N–H and O–H groups in total. The molecule has 1 heterocycles. The number of hydrogen-bond donors (Lipinski definition) is 8. The molecule has 1 aromatic carbocycles. The molecular weight excluding hydrogens is 500 g/mol. The fourth-order valence-corrected chi connectivity index (χ4v) is 3.77. The number of nitrogens with one attached hydrogen (secondary N) is 4. The predicted molar refractivity (Wildman–Crippen MR) is 139 cm³/mol. The summed E-state index contributed by atoms with van der Waals surface area (Å²) in [5.74, 6) is -3.13. The number of carboxylic acid groups (broad SMARTS) is 1. The Hall–Kier alpha value is -3.58. The molecule has 4 unspecified atom stereocenters. The number of phenolic OH excluding ortho intramolecular Hbond substituents is 1. The van der Waals surface area contributed by atoms with Gasteiger partial charge in [-0.25, -0.2) is 9.78 Å². The normalized spacial score (nSPS) is 14.3. The predicted octanol–water partition coefficient (Wildman–Crippen LogP) is -0.257. The number of amides is 3. The highest BCUT2D eigenvalue weighted by molar-refractivity contribution is 7.80. The second-order valence-corrected chi connectivity index (χ2v) is 9.46. The van der Waals surface area contributed by atoms with E-state index in [0.717, 1.165) is 5.56 Å². The lowest BCUT2D eigenvalue weighted by atomic mass is 10.0. The van der Waals surface area contributed by atoms with Gasteiger partial charge in [0, 0.05) is 24.1 Å². The first-order valence-corrected chi connectivity index (χ1v) is 12.4. The van der Waals surface area contributed by atoms with Gasteiger partial charge in [0.1, 0.15) is 23.9 Å². The maximum absolute atomic E-state index is 13.0. The summed E-state index contributed by atoms with van der Waals surface area (Å²) in [5, 5.41) is 26.5. The first kappa shape index (κ1) is 29.6. The van der Waals surface area contributed by atoms with Gasteiger partial charge in [-0.2, -0.15) is 12.6 Å². The number of aromatic nitrogens is 2. The maximum atomic E-state index is 13.0. The number of thiol groups is 1. The first-order chi connectivity index (χ1) is 17.5. The third kappa shape index (κ3) is 9.77. The molecule has 2 aromatic rings. The zero-order valence-corrected chi connectivity index (χ0v) is 21.6. The van der Waals surface area contributed by atoms with E-state index < -0.39 is 47.9 Å². The average molecular weight is 535 g/mol. The number of carboxylic acids is 1. The second-order valence-electron chi connectivity index (χ2n) is 9.09. The quantitative estimate of drug-likeness (QED) is 0.152. The Balaban J connectivity index is 2.02. The van der Waals surface area contributed by atoms with Gasteiger partial charge >= 0.3 is 5.97 Å². The number of H-pyrrole nitrogens is 1. The lowest BCUT2D eigenvalue weighted by Crippen LogP contribution is -2.58. The van der Waals surface area contributed by atoms with Crippen molar-refractivity contribution in [2.24, 2.45) is 11.7 Å². The van der Waals surface area contributed by atoms with Crippen LogP contribution in [0.4, 0.5) is 0 Å². The van der Waals surface area contributed by atoms with Crippen molar-refractivity contribution < 1.29 is 29.4 Å². The minimum Gasteiger partial charge on any atom is -0.508 e. The number of aromatic amines is 1. The number of carbonyl (C=O) groups is 4. The third-order valence-corrected chi connectivity index (χ3v) is 5.84. The smallest absolute Gasteiger partial charge is 0.326 e. The molecule has 0 aliphatic carbocycles. The number of nitrogens with two attached hydrogens (primary N) is 1. The van der Waals surface area contributed by atoms with Crippen LogP contribution in [0.5, 0.6) is 5.75 Å². The van der Waals surface area contributed by atoms with E-state index in [1.165, 1.54) is 24.7 Å². The second kappa shape index (κ2) is 14.2. The molecule has 202 valence electrons. The van der Waals surface area contributed by atoms with E-state index in [9.17, 15) is 29.4 Å². The molecule has 13 heteroatoms. The highest BCUT2D eigenvalue weighted by Gasteiger charge is 2.30. The fraction of sp³-hybridized carbons (Fsp3) is 0.458. The van der Waals surface area contributed by atoms with Gasteiger partial charge in [-0.3, -0.25) is 14.4 Å². The van der Waals surface area contributed by atoms with Crippen LogP contribution in [0.15, 0.2) is 36.8 Å². The topological polar surface area (TPSA) is 200 Å². The molecule has 0 radical (unpaired) electrons. The minimum absolute atomic E-state index is 0.0263. The van der Waals surface area contributed by atoms with Crippen LogP contribution in [-0.4, -0.2) is 73.8 Å². The molecule has 4 atom stereocenters. The average Bonchev–Trinajstić information content (AvgIpc) is 3.35. The van der Waals surface area contributed by atoms with Gasteiger partial charge in [0.25, 0.3) is 0 Å². The van der Waals surface area contributed by atoms with E-state index in [1.54, 1.807) is 12.1 Å². The summed E-state index contributed by atoms with van der Waals surface area (Å²) in [6.07, 6.45) is 3.29. The standard InChI is InChI=1S/C24H34N6O6S/c1-13(2)7-18(28-21(32)17(25)8-14-3-5-16(31)6-4-14)22(33)30-20(11-37)23(34)29-19(24(35)36)9-15-10-26-12-27-15/h3-6,10,12-13,17-20,31,37H,7-9,11,25H2,1-2H3,(H,26,27)(H,28,32)(H,29,34)(H,30,33)(H,35,36). The number of phenols is 1. The molecule has 1 aromatic heterocycles. The first-order valence-electron chi connectivity index (χ1n) is 11.8. The van der Waals surface area contributed by atoms with E-state index in [4.69, 9.17) is 5.73 Å². The number of aromatic hydroxyl groups is 1. The number of hydrogen-bond acceptors (Lipinski definition) is 8. The Bertz CT molecular complexity index is 1050. The Kier molecular flexibility index (Phi) is 11.4. The van der Waals surface area contributed by atoms with Gasteiger partial charge in [0.15, 0.2) is 0 Å². The van der Waals surface area contributed by atoms with E-state index in [0.29, 0.717) is 5.69 Å². The van der Waals surface area contributed by atoms with Crippen LogP contribution < -0.4 is 21.7 Å². The monoisotopic (exact) mass is 534 g/mol. The molecule has 0 aliphatic rings. The van der Waals surface area contributed by atoms with Crippen molar-refractivity contribution in [3.05, 3.63) is 48.0 Å². The summed E-state index contributed by atoms with van der Waals surface area (Å²) in [6, 6.07) is 1.95. The molecule has 0 saturated carbocycles. The Morgan fingerprint density at radius 2 is 1.57 bits per heavy atom.